The number of ether oxygens (including phenoxy) is 1. The van der Waals surface area contributed by atoms with Gasteiger partial charge in [0.1, 0.15) is 12.1 Å². The molecule has 1 heterocycles. The van der Waals surface area contributed by atoms with Gasteiger partial charge in [0.15, 0.2) is 5.78 Å². The summed E-state index contributed by atoms with van der Waals surface area (Å²) in [6.07, 6.45) is 12.2. The van der Waals surface area contributed by atoms with Crippen LogP contribution in [0, 0.1) is 0 Å². The van der Waals surface area contributed by atoms with Crippen LogP contribution in [-0.4, -0.2) is 64.9 Å². The van der Waals surface area contributed by atoms with Crippen LogP contribution in [0.1, 0.15) is 81.1 Å². The number of carboxylic acids is 1. The first kappa shape index (κ1) is 42.9. The molecule has 1 rings (SSSR count). The van der Waals surface area contributed by atoms with Gasteiger partial charge in [0.05, 0.1) is 30.4 Å². The van der Waals surface area contributed by atoms with Crippen molar-refractivity contribution in [3.63, 3.8) is 0 Å². The van der Waals surface area contributed by atoms with E-state index in [0.717, 1.165) is 19.3 Å². The number of aliphatic hydroxyl groups excluding tert-OH is 1. The molecule has 0 aromatic heterocycles. The SMILES string of the molecule is C/C=C\C(N)=NC(=O)CCC.C=C/C(C(C)=O)=C(\C=C/C)C(=O)O.CC.CC1CCC(CO)O1.C[C@H](N)C=O. The normalized spacial score (nSPS) is 17.4. The van der Waals surface area contributed by atoms with E-state index < -0.39 is 5.97 Å². The van der Waals surface area contributed by atoms with Crippen LogP contribution in [-0.2, 0) is 23.9 Å². The lowest BCUT2D eigenvalue weighted by Crippen LogP contribution is -2.15. The zero-order chi connectivity index (χ0) is 31.4. The molecule has 1 fully saturated rings. The Balaban J connectivity index is -0.000000214. The van der Waals surface area contributed by atoms with Crippen molar-refractivity contribution in [2.45, 2.75) is 99.3 Å². The van der Waals surface area contributed by atoms with Crippen molar-refractivity contribution in [3.8, 4) is 0 Å². The number of aliphatic imine (C=N–C) groups is 1. The van der Waals surface area contributed by atoms with E-state index in [2.05, 4.69) is 11.6 Å². The molecule has 0 bridgehead atoms. The van der Waals surface area contributed by atoms with E-state index >= 15 is 0 Å². The topological polar surface area (TPSA) is 182 Å². The molecule has 2 unspecified atom stereocenters. The summed E-state index contributed by atoms with van der Waals surface area (Å²) in [5.41, 5.74) is 10.4. The Morgan fingerprint density at radius 1 is 1.13 bits per heavy atom. The number of allylic oxidation sites excluding steroid dienone is 4. The minimum Gasteiger partial charge on any atom is -0.478 e. The maximum absolute atomic E-state index is 11.0. The van der Waals surface area contributed by atoms with Crippen molar-refractivity contribution in [3.05, 3.63) is 48.1 Å². The fourth-order valence-corrected chi connectivity index (χ4v) is 2.53. The lowest BCUT2D eigenvalue weighted by atomic mass is 10.0. The molecule has 10 heteroatoms. The fraction of sp³-hybridized carbons (Fsp3) is 0.552. The Morgan fingerprint density at radius 3 is 1.90 bits per heavy atom. The van der Waals surface area contributed by atoms with Crippen LogP contribution in [0.25, 0.3) is 0 Å². The molecule has 0 radical (unpaired) electrons. The number of carboxylic acid groups (broad SMARTS) is 1. The van der Waals surface area contributed by atoms with Crippen molar-refractivity contribution >= 4 is 29.8 Å². The largest absolute Gasteiger partial charge is 0.478 e. The first-order valence-corrected chi connectivity index (χ1v) is 13.0. The average Bonchev–Trinajstić information content (AvgIpc) is 3.31. The summed E-state index contributed by atoms with van der Waals surface area (Å²) in [4.78, 5) is 45.5. The first-order valence-electron chi connectivity index (χ1n) is 13.0. The first-order chi connectivity index (χ1) is 18.3. The van der Waals surface area contributed by atoms with Crippen LogP contribution in [0.15, 0.2) is 53.1 Å². The van der Waals surface area contributed by atoms with Crippen molar-refractivity contribution < 1.29 is 34.1 Å². The third-order valence-electron chi connectivity index (χ3n) is 4.23. The van der Waals surface area contributed by atoms with E-state index in [4.69, 9.17) is 26.4 Å². The van der Waals surface area contributed by atoms with Gasteiger partial charge in [-0.3, -0.25) is 9.59 Å². The highest BCUT2D eigenvalue weighted by molar-refractivity contribution is 6.05. The summed E-state index contributed by atoms with van der Waals surface area (Å²) >= 11 is 0. The minimum absolute atomic E-state index is 0.0231. The number of nitrogens with two attached hydrogens (primary N) is 2. The number of amides is 1. The second-order valence-corrected chi connectivity index (χ2v) is 7.90. The Labute approximate surface area is 234 Å². The number of hydrogen-bond donors (Lipinski definition) is 4. The smallest absolute Gasteiger partial charge is 0.336 e. The second kappa shape index (κ2) is 29.3. The third-order valence-corrected chi connectivity index (χ3v) is 4.23. The van der Waals surface area contributed by atoms with E-state index in [-0.39, 0.29) is 47.4 Å². The van der Waals surface area contributed by atoms with E-state index in [1.165, 1.54) is 19.1 Å². The molecule has 10 nitrogen and oxygen atoms in total. The maximum Gasteiger partial charge on any atom is 0.336 e. The number of carbonyl (C=O) groups excluding carboxylic acids is 3. The Bertz CT molecular complexity index is 829. The minimum atomic E-state index is -1.12. The van der Waals surface area contributed by atoms with Gasteiger partial charge in [0.25, 0.3) is 0 Å². The van der Waals surface area contributed by atoms with Gasteiger partial charge in [-0.2, -0.15) is 4.99 Å². The van der Waals surface area contributed by atoms with Crippen LogP contribution < -0.4 is 11.5 Å². The molecule has 224 valence electrons. The number of carbonyl (C=O) groups is 4. The van der Waals surface area contributed by atoms with Crippen molar-refractivity contribution in [1.29, 1.82) is 0 Å². The predicted molar refractivity (Wildman–Crippen MR) is 158 cm³/mol. The summed E-state index contributed by atoms with van der Waals surface area (Å²) in [5, 5.41) is 17.3. The summed E-state index contributed by atoms with van der Waals surface area (Å²) in [6, 6.07) is -0.296. The molecule has 1 aliphatic rings. The monoisotopic (exact) mass is 553 g/mol. The fourth-order valence-electron chi connectivity index (χ4n) is 2.53. The number of ketones is 1. The molecule has 0 aromatic carbocycles. The van der Waals surface area contributed by atoms with E-state index in [9.17, 15) is 19.2 Å². The van der Waals surface area contributed by atoms with E-state index in [1.807, 2.05) is 34.6 Å². The molecular weight excluding hydrogens is 502 g/mol. The number of rotatable bonds is 9. The summed E-state index contributed by atoms with van der Waals surface area (Å²) in [7, 11) is 0. The Kier molecular flexibility index (Phi) is 32.3. The molecule has 0 spiro atoms. The molecule has 1 saturated heterocycles. The predicted octanol–water partition coefficient (Wildman–Crippen LogP) is 4.07. The number of amidine groups is 1. The average molecular weight is 554 g/mol. The van der Waals surface area contributed by atoms with E-state index in [1.54, 1.807) is 32.1 Å². The van der Waals surface area contributed by atoms with E-state index in [0.29, 0.717) is 18.8 Å². The van der Waals surface area contributed by atoms with Gasteiger partial charge < -0.3 is 31.2 Å². The summed E-state index contributed by atoms with van der Waals surface area (Å²) in [6.45, 7) is 18.0. The zero-order valence-electron chi connectivity index (χ0n) is 25.0. The Hall–Kier alpha value is -3.21. The molecule has 39 heavy (non-hydrogen) atoms. The summed E-state index contributed by atoms with van der Waals surface area (Å²) in [5.74, 6) is -1.29. The van der Waals surface area contributed by atoms with Gasteiger partial charge in [-0.25, -0.2) is 4.79 Å². The highest BCUT2D eigenvalue weighted by atomic mass is 16.5. The molecule has 6 N–H and O–H groups in total. The molecule has 0 aliphatic carbocycles. The zero-order valence-corrected chi connectivity index (χ0v) is 25.0. The number of hydrogen-bond acceptors (Lipinski definition) is 7. The van der Waals surface area contributed by atoms with Gasteiger partial charge in [0.2, 0.25) is 5.91 Å². The summed E-state index contributed by atoms with van der Waals surface area (Å²) < 4.78 is 5.26. The molecule has 1 aliphatic heterocycles. The van der Waals surface area contributed by atoms with Gasteiger partial charge in [-0.15, -0.1) is 0 Å². The molecule has 0 aromatic rings. The lowest BCUT2D eigenvalue weighted by Gasteiger charge is -2.05. The van der Waals surface area contributed by atoms with Gasteiger partial charge in [0, 0.05) is 12.0 Å². The molecule has 0 saturated carbocycles. The van der Waals surface area contributed by atoms with Crippen molar-refractivity contribution in [2.24, 2.45) is 16.5 Å². The highest BCUT2D eigenvalue weighted by Crippen LogP contribution is 2.17. The Morgan fingerprint density at radius 2 is 1.64 bits per heavy atom. The number of aldehydes is 1. The molecule has 3 atom stereocenters. The van der Waals surface area contributed by atoms with Crippen LogP contribution in [0.2, 0.25) is 0 Å². The molecule has 1 amide bonds. The number of nitrogens with zero attached hydrogens (tertiary/aromatic N) is 1. The quantitative estimate of drug-likeness (QED) is 0.107. The lowest BCUT2D eigenvalue weighted by molar-refractivity contribution is -0.132. The number of Topliss-reactive ketones (excluding diaryl/α,β-unsaturated/α-hetero) is 1. The number of aliphatic carboxylic acids is 1. The third kappa shape index (κ3) is 27.6. The van der Waals surface area contributed by atoms with Gasteiger partial charge in [-0.05, 0) is 60.0 Å². The van der Waals surface area contributed by atoms with Crippen LogP contribution in [0.4, 0.5) is 0 Å². The van der Waals surface area contributed by atoms with Gasteiger partial charge in [-0.1, -0.05) is 51.7 Å². The van der Waals surface area contributed by atoms with Crippen molar-refractivity contribution in [1.82, 2.24) is 0 Å². The van der Waals surface area contributed by atoms with Crippen LogP contribution in [0.5, 0.6) is 0 Å². The van der Waals surface area contributed by atoms with Gasteiger partial charge >= 0.3 is 5.97 Å². The van der Waals surface area contributed by atoms with Crippen LogP contribution >= 0.6 is 0 Å². The highest BCUT2D eigenvalue weighted by Gasteiger charge is 2.20. The molecular formula is C29H51N3O7. The van der Waals surface area contributed by atoms with Crippen LogP contribution in [0.3, 0.4) is 0 Å². The maximum atomic E-state index is 11.0. The number of aliphatic hydroxyl groups is 1. The van der Waals surface area contributed by atoms with Crippen molar-refractivity contribution in [2.75, 3.05) is 6.61 Å². The second-order valence-electron chi connectivity index (χ2n) is 7.90. The standard InChI is InChI=1S/C10H12O3.C8H14N2O.C6H12O2.C3H7NO.C2H6/c1-4-6-9(10(12)13)8(5-2)7(3)11;1-3-5-7(9)10-8(11)6-4-2;1-5-2-3-6(4-7)8-5;1-3(4)2-5;1-2/h4-6H,2H2,1,3H3,(H,12,13);3,5H,4,6H2,1-2H3,(H2,9,10,11);5-7H,2-4H2,1H3;2-3H,4H2,1H3;1-2H3/b6-4-,9-8-;5-3-;;;/t;;;3-;/m...0./s1.